The molecule has 6 nitrogen and oxygen atoms in total. The van der Waals surface area contributed by atoms with Crippen LogP contribution in [-0.2, 0) is 4.74 Å². The third-order valence-corrected chi connectivity index (χ3v) is 4.39. The molecule has 1 saturated heterocycles. The highest BCUT2D eigenvalue weighted by molar-refractivity contribution is 5.65. The standard InChI is InChI=1S/C19H19F2N5O/c1-12-2-3-15(23-16-4-5-27-10-16)9-18(12)24-19-22-11-26(25-19)17-7-13(20)6-14(21)8-17/h2-3,6-9,11,16,23H,4-5,10H2,1H3,(H,24,25). The zero-order valence-corrected chi connectivity index (χ0v) is 14.7. The van der Waals surface area contributed by atoms with Gasteiger partial charge in [0, 0.05) is 24.0 Å². The Morgan fingerprint density at radius 2 is 1.96 bits per heavy atom. The monoisotopic (exact) mass is 371 g/mol. The lowest BCUT2D eigenvalue weighted by atomic mass is 10.1. The number of rotatable bonds is 5. The predicted octanol–water partition coefficient (Wildman–Crippen LogP) is 3.80. The van der Waals surface area contributed by atoms with E-state index >= 15 is 0 Å². The maximum atomic E-state index is 13.4. The van der Waals surface area contributed by atoms with Crippen LogP contribution in [0.3, 0.4) is 0 Å². The van der Waals surface area contributed by atoms with Crippen LogP contribution in [0.25, 0.3) is 5.69 Å². The fraction of sp³-hybridized carbons (Fsp3) is 0.263. The van der Waals surface area contributed by atoms with E-state index in [1.165, 1.54) is 23.1 Å². The van der Waals surface area contributed by atoms with Crippen LogP contribution in [0.15, 0.2) is 42.7 Å². The predicted molar refractivity (Wildman–Crippen MR) is 98.6 cm³/mol. The number of hydrogen-bond acceptors (Lipinski definition) is 5. The van der Waals surface area contributed by atoms with Crippen molar-refractivity contribution in [1.29, 1.82) is 0 Å². The molecule has 140 valence electrons. The van der Waals surface area contributed by atoms with Crippen molar-refractivity contribution in [3.05, 3.63) is 59.9 Å². The molecule has 1 atom stereocenters. The molecule has 0 radical (unpaired) electrons. The number of hydrogen-bond donors (Lipinski definition) is 2. The first-order valence-corrected chi connectivity index (χ1v) is 8.67. The van der Waals surface area contributed by atoms with Crippen molar-refractivity contribution in [2.45, 2.75) is 19.4 Å². The van der Waals surface area contributed by atoms with Gasteiger partial charge >= 0.3 is 0 Å². The Hall–Kier alpha value is -3.00. The third kappa shape index (κ3) is 4.06. The van der Waals surface area contributed by atoms with Gasteiger partial charge in [0.1, 0.15) is 18.0 Å². The van der Waals surface area contributed by atoms with Gasteiger partial charge in [-0.3, -0.25) is 0 Å². The van der Waals surface area contributed by atoms with E-state index in [4.69, 9.17) is 4.74 Å². The van der Waals surface area contributed by atoms with Gasteiger partial charge in [-0.1, -0.05) is 6.07 Å². The lowest BCUT2D eigenvalue weighted by Gasteiger charge is -2.14. The van der Waals surface area contributed by atoms with Crippen LogP contribution < -0.4 is 10.6 Å². The van der Waals surface area contributed by atoms with Crippen LogP contribution in [0.4, 0.5) is 26.1 Å². The molecule has 1 fully saturated rings. The second-order valence-corrected chi connectivity index (χ2v) is 6.50. The van der Waals surface area contributed by atoms with Gasteiger partial charge < -0.3 is 15.4 Å². The van der Waals surface area contributed by atoms with Crippen molar-refractivity contribution in [2.75, 3.05) is 23.8 Å². The zero-order valence-electron chi connectivity index (χ0n) is 14.7. The normalized spacial score (nSPS) is 16.5. The molecule has 0 spiro atoms. The fourth-order valence-electron chi connectivity index (χ4n) is 2.97. The van der Waals surface area contributed by atoms with Crippen molar-refractivity contribution in [1.82, 2.24) is 14.8 Å². The van der Waals surface area contributed by atoms with Gasteiger partial charge in [-0.2, -0.15) is 4.98 Å². The second-order valence-electron chi connectivity index (χ2n) is 6.50. The quantitative estimate of drug-likeness (QED) is 0.714. The molecule has 0 amide bonds. The minimum Gasteiger partial charge on any atom is -0.380 e. The van der Waals surface area contributed by atoms with E-state index in [2.05, 4.69) is 20.7 Å². The van der Waals surface area contributed by atoms with Gasteiger partial charge in [0.15, 0.2) is 0 Å². The Bertz CT molecular complexity index is 933. The van der Waals surface area contributed by atoms with E-state index in [0.29, 0.717) is 18.6 Å². The maximum absolute atomic E-state index is 13.4. The zero-order chi connectivity index (χ0) is 18.8. The molecule has 0 aliphatic carbocycles. The summed E-state index contributed by atoms with van der Waals surface area (Å²) in [6.45, 7) is 3.45. The number of nitrogens with zero attached hydrogens (tertiary/aromatic N) is 3. The SMILES string of the molecule is Cc1ccc(NC2CCOC2)cc1Nc1ncn(-c2cc(F)cc(F)c2)n1. The number of benzene rings is 2. The summed E-state index contributed by atoms with van der Waals surface area (Å²) >= 11 is 0. The van der Waals surface area contributed by atoms with Gasteiger partial charge in [-0.05, 0) is 43.2 Å². The molecular formula is C19H19F2N5O. The van der Waals surface area contributed by atoms with Crippen LogP contribution in [0.2, 0.25) is 0 Å². The topological polar surface area (TPSA) is 64.0 Å². The lowest BCUT2D eigenvalue weighted by Crippen LogP contribution is -2.18. The van der Waals surface area contributed by atoms with E-state index < -0.39 is 11.6 Å². The van der Waals surface area contributed by atoms with Crippen LogP contribution in [0, 0.1) is 18.6 Å². The Kier molecular flexibility index (Phi) is 4.72. The Morgan fingerprint density at radius 3 is 2.70 bits per heavy atom. The molecule has 1 aliphatic rings. The fourth-order valence-corrected chi connectivity index (χ4v) is 2.97. The molecule has 2 aromatic carbocycles. The molecule has 1 aliphatic heterocycles. The molecule has 4 rings (SSSR count). The molecule has 1 unspecified atom stereocenters. The lowest BCUT2D eigenvalue weighted by molar-refractivity contribution is 0.195. The highest BCUT2D eigenvalue weighted by Crippen LogP contribution is 2.24. The van der Waals surface area contributed by atoms with Crippen LogP contribution >= 0.6 is 0 Å². The number of aromatic nitrogens is 3. The number of halogens is 2. The average Bonchev–Trinajstić information content (AvgIpc) is 3.29. The van der Waals surface area contributed by atoms with Crippen LogP contribution in [-0.4, -0.2) is 34.0 Å². The summed E-state index contributed by atoms with van der Waals surface area (Å²) < 4.78 is 33.5. The summed E-state index contributed by atoms with van der Waals surface area (Å²) in [5.74, 6) is -0.995. The van der Waals surface area contributed by atoms with Crippen molar-refractivity contribution < 1.29 is 13.5 Å². The molecule has 0 bridgehead atoms. The highest BCUT2D eigenvalue weighted by atomic mass is 19.1. The van der Waals surface area contributed by atoms with Gasteiger partial charge in [-0.15, -0.1) is 5.10 Å². The Morgan fingerprint density at radius 1 is 1.15 bits per heavy atom. The molecule has 3 aromatic rings. The van der Waals surface area contributed by atoms with Crippen molar-refractivity contribution in [3.63, 3.8) is 0 Å². The Balaban J connectivity index is 1.53. The first kappa shape index (κ1) is 17.4. The van der Waals surface area contributed by atoms with E-state index in [-0.39, 0.29) is 5.69 Å². The van der Waals surface area contributed by atoms with Gasteiger partial charge in [0.25, 0.3) is 0 Å². The first-order chi connectivity index (χ1) is 13.1. The van der Waals surface area contributed by atoms with Crippen molar-refractivity contribution in [3.8, 4) is 5.69 Å². The summed E-state index contributed by atoms with van der Waals surface area (Å²) in [4.78, 5) is 4.18. The molecule has 27 heavy (non-hydrogen) atoms. The molecule has 2 N–H and O–H groups in total. The largest absolute Gasteiger partial charge is 0.380 e. The smallest absolute Gasteiger partial charge is 0.246 e. The molecular weight excluding hydrogens is 352 g/mol. The Labute approximate surface area is 155 Å². The highest BCUT2D eigenvalue weighted by Gasteiger charge is 2.15. The van der Waals surface area contributed by atoms with E-state index in [1.54, 1.807) is 0 Å². The van der Waals surface area contributed by atoms with Gasteiger partial charge in [0.2, 0.25) is 5.95 Å². The van der Waals surface area contributed by atoms with E-state index in [9.17, 15) is 8.78 Å². The maximum Gasteiger partial charge on any atom is 0.246 e. The summed E-state index contributed by atoms with van der Waals surface area (Å²) in [7, 11) is 0. The van der Waals surface area contributed by atoms with Crippen molar-refractivity contribution >= 4 is 17.3 Å². The number of nitrogens with one attached hydrogen (secondary N) is 2. The summed E-state index contributed by atoms with van der Waals surface area (Å²) in [5.41, 5.74) is 3.12. The summed E-state index contributed by atoms with van der Waals surface area (Å²) in [5, 5.41) is 10.9. The number of aryl methyl sites for hydroxylation is 1. The summed E-state index contributed by atoms with van der Waals surface area (Å²) in [6, 6.07) is 9.51. The average molecular weight is 371 g/mol. The van der Waals surface area contributed by atoms with E-state index in [1.807, 2.05) is 25.1 Å². The molecule has 8 heteroatoms. The first-order valence-electron chi connectivity index (χ1n) is 8.67. The summed E-state index contributed by atoms with van der Waals surface area (Å²) in [6.07, 6.45) is 2.39. The number of ether oxygens (including phenoxy) is 1. The van der Waals surface area contributed by atoms with Crippen LogP contribution in [0.5, 0.6) is 0 Å². The van der Waals surface area contributed by atoms with Gasteiger partial charge in [-0.25, -0.2) is 13.5 Å². The van der Waals surface area contributed by atoms with Crippen molar-refractivity contribution in [2.24, 2.45) is 0 Å². The molecule has 0 saturated carbocycles. The van der Waals surface area contributed by atoms with Gasteiger partial charge in [0.05, 0.1) is 18.3 Å². The minimum absolute atomic E-state index is 0.265. The second kappa shape index (κ2) is 7.32. The molecule has 1 aromatic heterocycles. The number of anilines is 3. The molecule has 2 heterocycles. The third-order valence-electron chi connectivity index (χ3n) is 4.39. The minimum atomic E-state index is -0.666. The van der Waals surface area contributed by atoms with Crippen LogP contribution in [0.1, 0.15) is 12.0 Å². The van der Waals surface area contributed by atoms with E-state index in [0.717, 1.165) is 36.0 Å².